The van der Waals surface area contributed by atoms with Gasteiger partial charge in [-0.2, -0.15) is 0 Å². The van der Waals surface area contributed by atoms with E-state index in [2.05, 4.69) is 15.3 Å². The Morgan fingerprint density at radius 2 is 2.09 bits per heavy atom. The second kappa shape index (κ2) is 6.25. The molecule has 0 aliphatic heterocycles. The Hall–Kier alpha value is -2.24. The smallest absolute Gasteiger partial charge is 0.257 e. The molecule has 2 heterocycles. The number of anilines is 1. The van der Waals surface area contributed by atoms with Gasteiger partial charge in [-0.05, 0) is 24.6 Å². The van der Waals surface area contributed by atoms with Crippen LogP contribution in [0.4, 0.5) is 5.13 Å². The lowest BCUT2D eigenvalue weighted by Gasteiger charge is -2.02. The molecule has 6 heteroatoms. The molecule has 1 N–H and O–H groups in total. The quantitative estimate of drug-likeness (QED) is 0.724. The molecule has 0 unspecified atom stereocenters. The Bertz CT molecular complexity index is 832. The van der Waals surface area contributed by atoms with E-state index in [4.69, 9.17) is 11.6 Å². The predicted octanol–water partition coefficient (Wildman–Crippen LogP) is 4.42. The lowest BCUT2D eigenvalue weighted by atomic mass is 10.1. The topological polar surface area (TPSA) is 54.9 Å². The molecule has 0 fully saturated rings. The number of aryl methyl sites for hydroxylation is 1. The highest BCUT2D eigenvalue weighted by atomic mass is 35.5. The van der Waals surface area contributed by atoms with Crippen LogP contribution in [0, 0.1) is 6.92 Å². The van der Waals surface area contributed by atoms with Crippen molar-refractivity contribution in [2.24, 2.45) is 0 Å². The third kappa shape index (κ3) is 3.16. The summed E-state index contributed by atoms with van der Waals surface area (Å²) in [5, 5.41) is 5.54. The lowest BCUT2D eigenvalue weighted by Crippen LogP contribution is -2.11. The Kier molecular flexibility index (Phi) is 4.18. The van der Waals surface area contributed by atoms with E-state index in [0.29, 0.717) is 10.7 Å². The highest BCUT2D eigenvalue weighted by Crippen LogP contribution is 2.27. The second-order valence-electron chi connectivity index (χ2n) is 4.67. The van der Waals surface area contributed by atoms with E-state index in [1.807, 2.05) is 36.6 Å². The Labute approximate surface area is 136 Å². The van der Waals surface area contributed by atoms with Gasteiger partial charge in [-0.25, -0.2) is 9.97 Å². The van der Waals surface area contributed by atoms with Gasteiger partial charge in [0.15, 0.2) is 5.13 Å². The van der Waals surface area contributed by atoms with E-state index in [1.165, 1.54) is 23.6 Å². The van der Waals surface area contributed by atoms with Gasteiger partial charge < -0.3 is 0 Å². The monoisotopic (exact) mass is 329 g/mol. The fourth-order valence-electron chi connectivity index (χ4n) is 2.03. The summed E-state index contributed by atoms with van der Waals surface area (Å²) in [6, 6.07) is 11.1. The number of hydrogen-bond acceptors (Lipinski definition) is 4. The van der Waals surface area contributed by atoms with Crippen LogP contribution in [0.2, 0.25) is 5.15 Å². The molecule has 0 saturated carbocycles. The molecule has 4 nitrogen and oxygen atoms in total. The summed E-state index contributed by atoms with van der Waals surface area (Å²) in [6.07, 6.45) is 1.50. The highest BCUT2D eigenvalue weighted by molar-refractivity contribution is 7.14. The maximum Gasteiger partial charge on any atom is 0.257 e. The van der Waals surface area contributed by atoms with Crippen molar-refractivity contribution in [2.75, 3.05) is 5.32 Å². The molecular formula is C16H12ClN3OS. The van der Waals surface area contributed by atoms with Gasteiger partial charge in [-0.1, -0.05) is 35.9 Å². The maximum atomic E-state index is 12.1. The number of benzene rings is 1. The number of nitrogens with zero attached hydrogens (tertiary/aromatic N) is 2. The minimum Gasteiger partial charge on any atom is -0.298 e. The molecule has 110 valence electrons. The third-order valence-corrected chi connectivity index (χ3v) is 4.10. The molecule has 0 atom stereocenters. The van der Waals surface area contributed by atoms with Crippen LogP contribution in [0.3, 0.4) is 0 Å². The van der Waals surface area contributed by atoms with Crippen molar-refractivity contribution in [3.05, 3.63) is 64.3 Å². The molecule has 0 aliphatic rings. The Morgan fingerprint density at radius 3 is 2.86 bits per heavy atom. The summed E-state index contributed by atoms with van der Waals surface area (Å²) in [5.74, 6) is -0.255. The van der Waals surface area contributed by atoms with Gasteiger partial charge in [0.1, 0.15) is 5.15 Å². The van der Waals surface area contributed by atoms with Gasteiger partial charge in [-0.15, -0.1) is 11.3 Å². The number of carbonyl (C=O) groups excluding carboxylic acids is 1. The van der Waals surface area contributed by atoms with Gasteiger partial charge >= 0.3 is 0 Å². The first-order valence-electron chi connectivity index (χ1n) is 6.58. The molecule has 3 rings (SSSR count). The fourth-order valence-corrected chi connectivity index (χ4v) is 2.91. The van der Waals surface area contributed by atoms with Gasteiger partial charge in [-0.3, -0.25) is 10.1 Å². The van der Waals surface area contributed by atoms with Crippen molar-refractivity contribution in [3.63, 3.8) is 0 Å². The van der Waals surface area contributed by atoms with Crippen LogP contribution in [-0.4, -0.2) is 15.9 Å². The average Bonchev–Trinajstić information content (AvgIpc) is 2.96. The highest BCUT2D eigenvalue weighted by Gasteiger charge is 2.11. The standard InChI is InChI=1S/C16H12ClN3OS/c1-10-4-2-3-5-12(10)13-9-22-16(19-13)20-15(21)11-6-7-18-14(17)8-11/h2-9H,1H3,(H,19,20,21). The summed E-state index contributed by atoms with van der Waals surface area (Å²) in [6.45, 7) is 2.03. The minimum absolute atomic E-state index is 0.255. The van der Waals surface area contributed by atoms with E-state index in [9.17, 15) is 4.79 Å². The van der Waals surface area contributed by atoms with Crippen LogP contribution in [0.5, 0.6) is 0 Å². The van der Waals surface area contributed by atoms with Crippen LogP contribution in [0.15, 0.2) is 48.0 Å². The summed E-state index contributed by atoms with van der Waals surface area (Å²) in [5.41, 5.74) is 3.51. The number of carbonyl (C=O) groups is 1. The summed E-state index contributed by atoms with van der Waals surface area (Å²) < 4.78 is 0. The number of hydrogen-bond donors (Lipinski definition) is 1. The number of amides is 1. The van der Waals surface area contributed by atoms with Crippen molar-refractivity contribution in [3.8, 4) is 11.3 Å². The summed E-state index contributed by atoms with van der Waals surface area (Å²) in [7, 11) is 0. The van der Waals surface area contributed by atoms with Gasteiger partial charge in [0.2, 0.25) is 0 Å². The van der Waals surface area contributed by atoms with Crippen LogP contribution in [-0.2, 0) is 0 Å². The Morgan fingerprint density at radius 1 is 1.27 bits per heavy atom. The molecule has 0 bridgehead atoms. The first kappa shape index (κ1) is 14.7. The van der Waals surface area contributed by atoms with Crippen molar-refractivity contribution < 1.29 is 4.79 Å². The molecular weight excluding hydrogens is 318 g/mol. The number of halogens is 1. The minimum atomic E-state index is -0.255. The molecule has 0 saturated heterocycles. The number of thiazole rings is 1. The second-order valence-corrected chi connectivity index (χ2v) is 5.92. The molecule has 1 amide bonds. The van der Waals surface area contributed by atoms with Crippen LogP contribution < -0.4 is 5.32 Å². The van der Waals surface area contributed by atoms with E-state index in [1.54, 1.807) is 6.07 Å². The largest absolute Gasteiger partial charge is 0.298 e. The zero-order chi connectivity index (χ0) is 15.5. The summed E-state index contributed by atoms with van der Waals surface area (Å²) >= 11 is 7.18. The van der Waals surface area contributed by atoms with Crippen LogP contribution in [0.25, 0.3) is 11.3 Å². The number of nitrogens with one attached hydrogen (secondary N) is 1. The zero-order valence-electron chi connectivity index (χ0n) is 11.7. The van der Waals surface area contributed by atoms with Crippen LogP contribution in [0.1, 0.15) is 15.9 Å². The van der Waals surface area contributed by atoms with Gasteiger partial charge in [0.25, 0.3) is 5.91 Å². The van der Waals surface area contributed by atoms with E-state index >= 15 is 0 Å². The first-order valence-corrected chi connectivity index (χ1v) is 7.83. The molecule has 0 aliphatic carbocycles. The van der Waals surface area contributed by atoms with Crippen molar-refractivity contribution in [1.82, 2.24) is 9.97 Å². The van der Waals surface area contributed by atoms with E-state index in [0.717, 1.165) is 16.8 Å². The molecule has 3 aromatic rings. The lowest BCUT2D eigenvalue weighted by molar-refractivity contribution is 0.102. The van der Waals surface area contributed by atoms with Crippen LogP contribution >= 0.6 is 22.9 Å². The number of rotatable bonds is 3. The normalized spacial score (nSPS) is 10.5. The average molecular weight is 330 g/mol. The first-order chi connectivity index (χ1) is 10.6. The molecule has 22 heavy (non-hydrogen) atoms. The molecule has 0 spiro atoms. The van der Waals surface area contributed by atoms with Gasteiger partial charge in [0.05, 0.1) is 5.69 Å². The molecule has 0 radical (unpaired) electrons. The zero-order valence-corrected chi connectivity index (χ0v) is 13.3. The Balaban J connectivity index is 1.80. The maximum absolute atomic E-state index is 12.1. The van der Waals surface area contributed by atoms with Crippen molar-refractivity contribution in [1.29, 1.82) is 0 Å². The number of aromatic nitrogens is 2. The SMILES string of the molecule is Cc1ccccc1-c1csc(NC(=O)c2ccnc(Cl)c2)n1. The van der Waals surface area contributed by atoms with Crippen molar-refractivity contribution >= 4 is 34.0 Å². The molecule has 1 aromatic carbocycles. The molecule has 2 aromatic heterocycles. The van der Waals surface area contributed by atoms with Gasteiger partial charge in [0, 0.05) is 22.7 Å². The van der Waals surface area contributed by atoms with E-state index < -0.39 is 0 Å². The van der Waals surface area contributed by atoms with E-state index in [-0.39, 0.29) is 11.1 Å². The fraction of sp³-hybridized carbons (Fsp3) is 0.0625. The third-order valence-electron chi connectivity index (χ3n) is 3.13. The summed E-state index contributed by atoms with van der Waals surface area (Å²) in [4.78, 5) is 20.5. The predicted molar refractivity (Wildman–Crippen MR) is 89.5 cm³/mol. The number of pyridine rings is 1. The van der Waals surface area contributed by atoms with Crippen molar-refractivity contribution in [2.45, 2.75) is 6.92 Å².